The molecule has 2 aromatic carbocycles. The summed E-state index contributed by atoms with van der Waals surface area (Å²) in [5, 5.41) is 19.4. The molecule has 0 bridgehead atoms. The highest BCUT2D eigenvalue weighted by atomic mass is 16.5. The zero-order chi connectivity index (χ0) is 18.0. The standard InChI is InChI=1S/C20H22O5/c1-12-7-13(3-5-17(12)21)8-15-11-25-20(23)16(15)9-14-4-6-18(22)19(10-14)24-2/h3-7,10,15-16,21-22H,8-9,11H2,1-2H3/t15-,16+/m0/s1. The third-order valence-electron chi connectivity index (χ3n) is 4.77. The maximum Gasteiger partial charge on any atom is 0.309 e. The molecule has 132 valence electrons. The number of methoxy groups -OCH3 is 1. The maximum atomic E-state index is 12.2. The summed E-state index contributed by atoms with van der Waals surface area (Å²) in [5.74, 6) is 0.410. The van der Waals surface area contributed by atoms with Gasteiger partial charge in [-0.25, -0.2) is 0 Å². The lowest BCUT2D eigenvalue weighted by atomic mass is 9.84. The number of carbonyl (C=O) groups is 1. The number of hydrogen-bond acceptors (Lipinski definition) is 5. The Morgan fingerprint density at radius 2 is 1.76 bits per heavy atom. The number of phenols is 2. The molecule has 0 amide bonds. The minimum atomic E-state index is -0.233. The fourth-order valence-corrected chi connectivity index (χ4v) is 3.31. The summed E-state index contributed by atoms with van der Waals surface area (Å²) in [4.78, 5) is 12.2. The molecule has 5 heteroatoms. The van der Waals surface area contributed by atoms with Gasteiger partial charge in [0.15, 0.2) is 11.5 Å². The lowest BCUT2D eigenvalue weighted by molar-refractivity contribution is -0.141. The first kappa shape index (κ1) is 17.1. The van der Waals surface area contributed by atoms with Gasteiger partial charge in [0.05, 0.1) is 19.6 Å². The Morgan fingerprint density at radius 1 is 1.08 bits per heavy atom. The number of cyclic esters (lactones) is 1. The van der Waals surface area contributed by atoms with Crippen molar-refractivity contribution in [3.8, 4) is 17.2 Å². The summed E-state index contributed by atoms with van der Waals surface area (Å²) in [6.45, 7) is 2.26. The van der Waals surface area contributed by atoms with Gasteiger partial charge in [0, 0.05) is 5.92 Å². The number of aryl methyl sites for hydroxylation is 1. The van der Waals surface area contributed by atoms with E-state index in [4.69, 9.17) is 9.47 Å². The van der Waals surface area contributed by atoms with Gasteiger partial charge in [-0.2, -0.15) is 0 Å². The Hall–Kier alpha value is -2.69. The molecular formula is C20H22O5. The van der Waals surface area contributed by atoms with Crippen LogP contribution >= 0.6 is 0 Å². The number of esters is 1. The molecule has 0 saturated carbocycles. The predicted octanol–water partition coefficient (Wildman–Crippen LogP) is 2.99. The van der Waals surface area contributed by atoms with Crippen molar-refractivity contribution >= 4 is 5.97 Å². The van der Waals surface area contributed by atoms with Crippen LogP contribution in [0.15, 0.2) is 36.4 Å². The van der Waals surface area contributed by atoms with E-state index in [9.17, 15) is 15.0 Å². The van der Waals surface area contributed by atoms with E-state index in [1.54, 1.807) is 24.3 Å². The van der Waals surface area contributed by atoms with E-state index in [1.807, 2.05) is 19.1 Å². The van der Waals surface area contributed by atoms with Crippen LogP contribution in [0.2, 0.25) is 0 Å². The van der Waals surface area contributed by atoms with Crippen LogP contribution in [-0.4, -0.2) is 29.9 Å². The second kappa shape index (κ2) is 7.05. The second-order valence-corrected chi connectivity index (χ2v) is 6.53. The molecule has 1 saturated heterocycles. The van der Waals surface area contributed by atoms with Gasteiger partial charge in [-0.05, 0) is 54.7 Å². The fraction of sp³-hybridized carbons (Fsp3) is 0.350. The first-order valence-corrected chi connectivity index (χ1v) is 8.29. The zero-order valence-electron chi connectivity index (χ0n) is 14.4. The van der Waals surface area contributed by atoms with Gasteiger partial charge < -0.3 is 19.7 Å². The van der Waals surface area contributed by atoms with Crippen LogP contribution in [0.25, 0.3) is 0 Å². The first-order valence-electron chi connectivity index (χ1n) is 8.29. The van der Waals surface area contributed by atoms with Gasteiger partial charge in [0.1, 0.15) is 5.75 Å². The van der Waals surface area contributed by atoms with Crippen LogP contribution in [0.5, 0.6) is 17.2 Å². The largest absolute Gasteiger partial charge is 0.508 e. The number of ether oxygens (including phenoxy) is 2. The molecule has 1 heterocycles. The van der Waals surface area contributed by atoms with Gasteiger partial charge in [-0.3, -0.25) is 4.79 Å². The number of rotatable bonds is 5. The predicted molar refractivity (Wildman–Crippen MR) is 92.8 cm³/mol. The normalized spacial score (nSPS) is 19.7. The number of hydrogen-bond donors (Lipinski definition) is 2. The average Bonchev–Trinajstić information content (AvgIpc) is 2.93. The van der Waals surface area contributed by atoms with Crippen LogP contribution in [0.1, 0.15) is 16.7 Å². The van der Waals surface area contributed by atoms with Crippen LogP contribution in [0.3, 0.4) is 0 Å². The monoisotopic (exact) mass is 342 g/mol. The van der Waals surface area contributed by atoms with Crippen LogP contribution in [0.4, 0.5) is 0 Å². The zero-order valence-corrected chi connectivity index (χ0v) is 14.4. The summed E-state index contributed by atoms with van der Waals surface area (Å²) in [5.41, 5.74) is 2.82. The summed E-state index contributed by atoms with van der Waals surface area (Å²) in [7, 11) is 1.50. The lowest BCUT2D eigenvalue weighted by Gasteiger charge is -2.16. The molecule has 1 aliphatic heterocycles. The maximum absolute atomic E-state index is 12.2. The Morgan fingerprint density at radius 3 is 2.44 bits per heavy atom. The Labute approximate surface area is 146 Å². The van der Waals surface area contributed by atoms with Crippen molar-refractivity contribution in [2.24, 2.45) is 11.8 Å². The van der Waals surface area contributed by atoms with Crippen molar-refractivity contribution in [1.82, 2.24) is 0 Å². The summed E-state index contributed by atoms with van der Waals surface area (Å²) in [6, 6.07) is 10.6. The van der Waals surface area contributed by atoms with Crippen molar-refractivity contribution in [1.29, 1.82) is 0 Å². The molecule has 5 nitrogen and oxygen atoms in total. The number of aromatic hydroxyl groups is 2. The number of carbonyl (C=O) groups excluding carboxylic acids is 1. The third kappa shape index (κ3) is 3.71. The van der Waals surface area contributed by atoms with Crippen LogP contribution < -0.4 is 4.74 Å². The highest BCUT2D eigenvalue weighted by Gasteiger charge is 2.36. The average molecular weight is 342 g/mol. The van der Waals surface area contributed by atoms with Crippen LogP contribution in [0, 0.1) is 18.8 Å². The Bertz CT molecular complexity index is 784. The molecule has 25 heavy (non-hydrogen) atoms. The highest BCUT2D eigenvalue weighted by molar-refractivity contribution is 5.75. The Kier molecular flexibility index (Phi) is 4.83. The molecule has 0 unspecified atom stereocenters. The summed E-state index contributed by atoms with van der Waals surface area (Å²) in [6.07, 6.45) is 1.25. The topological polar surface area (TPSA) is 76.0 Å². The van der Waals surface area contributed by atoms with Crippen molar-refractivity contribution in [3.05, 3.63) is 53.1 Å². The van der Waals surface area contributed by atoms with E-state index in [-0.39, 0.29) is 29.3 Å². The van der Waals surface area contributed by atoms with Gasteiger partial charge in [0.25, 0.3) is 0 Å². The van der Waals surface area contributed by atoms with Gasteiger partial charge in [-0.1, -0.05) is 18.2 Å². The molecule has 3 rings (SSSR count). The molecule has 2 N–H and O–H groups in total. The second-order valence-electron chi connectivity index (χ2n) is 6.53. The van der Waals surface area contributed by atoms with Crippen molar-refractivity contribution in [3.63, 3.8) is 0 Å². The lowest BCUT2D eigenvalue weighted by Crippen LogP contribution is -2.20. The molecule has 2 atom stereocenters. The minimum Gasteiger partial charge on any atom is -0.508 e. The molecule has 0 spiro atoms. The molecule has 0 aromatic heterocycles. The highest BCUT2D eigenvalue weighted by Crippen LogP contribution is 2.33. The van der Waals surface area contributed by atoms with Crippen molar-refractivity contribution < 1.29 is 24.5 Å². The van der Waals surface area contributed by atoms with Crippen molar-refractivity contribution in [2.45, 2.75) is 19.8 Å². The van der Waals surface area contributed by atoms with E-state index in [0.717, 1.165) is 16.7 Å². The Balaban J connectivity index is 1.76. The molecule has 1 fully saturated rings. The van der Waals surface area contributed by atoms with Gasteiger partial charge in [0.2, 0.25) is 0 Å². The molecular weight excluding hydrogens is 320 g/mol. The third-order valence-corrected chi connectivity index (χ3v) is 4.77. The number of phenolic OH excluding ortho intramolecular Hbond substituents is 2. The minimum absolute atomic E-state index is 0.0799. The quantitative estimate of drug-likeness (QED) is 0.817. The SMILES string of the molecule is COc1cc(C[C@H]2C(=O)OC[C@@H]2Cc2ccc(O)c(C)c2)ccc1O. The van der Waals surface area contributed by atoms with Gasteiger partial charge in [-0.15, -0.1) is 0 Å². The van der Waals surface area contributed by atoms with Crippen LogP contribution in [-0.2, 0) is 22.4 Å². The van der Waals surface area contributed by atoms with E-state index < -0.39 is 0 Å². The fourth-order valence-electron chi connectivity index (χ4n) is 3.31. The molecule has 2 aromatic rings. The van der Waals surface area contributed by atoms with Crippen molar-refractivity contribution in [2.75, 3.05) is 13.7 Å². The van der Waals surface area contributed by atoms with E-state index >= 15 is 0 Å². The smallest absolute Gasteiger partial charge is 0.309 e. The van der Waals surface area contributed by atoms with E-state index in [0.29, 0.717) is 25.2 Å². The summed E-state index contributed by atoms with van der Waals surface area (Å²) >= 11 is 0. The number of benzene rings is 2. The summed E-state index contributed by atoms with van der Waals surface area (Å²) < 4.78 is 10.4. The van der Waals surface area contributed by atoms with E-state index in [2.05, 4.69) is 0 Å². The van der Waals surface area contributed by atoms with Gasteiger partial charge >= 0.3 is 5.97 Å². The first-order chi connectivity index (χ1) is 12.0. The van der Waals surface area contributed by atoms with E-state index in [1.165, 1.54) is 7.11 Å². The molecule has 0 aliphatic carbocycles. The molecule has 0 radical (unpaired) electrons. The molecule has 1 aliphatic rings.